The van der Waals surface area contributed by atoms with Gasteiger partial charge in [0.05, 0.1) is 5.69 Å². The Balaban J connectivity index is 2.45. The third-order valence-corrected chi connectivity index (χ3v) is 2.00. The fourth-order valence-electron chi connectivity index (χ4n) is 1.38. The molecule has 1 aromatic rings. The smallest absolute Gasteiger partial charge is 0.216 e. The van der Waals surface area contributed by atoms with E-state index in [0.717, 1.165) is 18.2 Å². The van der Waals surface area contributed by atoms with Gasteiger partial charge in [-0.1, -0.05) is 6.08 Å². The molecule has 16 heavy (non-hydrogen) atoms. The number of nitrogens with one attached hydrogen (secondary N) is 2. The van der Waals surface area contributed by atoms with Crippen LogP contribution in [-0.4, -0.2) is 28.5 Å². The molecule has 0 aromatic carbocycles. The maximum absolute atomic E-state index is 10.7. The van der Waals surface area contributed by atoms with E-state index in [-0.39, 0.29) is 5.91 Å². The minimum absolute atomic E-state index is 0.0209. The SMILES string of the molecule is C=CCn1cc(C)nc1NCCNC(C)=O. The van der Waals surface area contributed by atoms with E-state index in [9.17, 15) is 4.79 Å². The second-order valence-electron chi connectivity index (χ2n) is 3.56. The summed E-state index contributed by atoms with van der Waals surface area (Å²) in [6, 6.07) is 0. The number of rotatable bonds is 6. The van der Waals surface area contributed by atoms with Crippen molar-refractivity contribution in [3.05, 3.63) is 24.5 Å². The summed E-state index contributed by atoms with van der Waals surface area (Å²) in [5.41, 5.74) is 0.962. The van der Waals surface area contributed by atoms with Gasteiger partial charge in [0.25, 0.3) is 0 Å². The Hall–Kier alpha value is -1.78. The van der Waals surface area contributed by atoms with Crippen molar-refractivity contribution in [2.45, 2.75) is 20.4 Å². The first-order valence-electron chi connectivity index (χ1n) is 5.26. The number of carbonyl (C=O) groups is 1. The lowest BCUT2D eigenvalue weighted by Gasteiger charge is -2.07. The fourth-order valence-corrected chi connectivity index (χ4v) is 1.38. The van der Waals surface area contributed by atoms with Crippen molar-refractivity contribution in [1.82, 2.24) is 14.9 Å². The molecule has 0 atom stereocenters. The van der Waals surface area contributed by atoms with Crippen molar-refractivity contribution < 1.29 is 4.79 Å². The van der Waals surface area contributed by atoms with E-state index < -0.39 is 0 Å². The summed E-state index contributed by atoms with van der Waals surface area (Å²) < 4.78 is 1.98. The molecule has 0 aliphatic carbocycles. The molecule has 0 bridgehead atoms. The van der Waals surface area contributed by atoms with Gasteiger partial charge in [-0.15, -0.1) is 6.58 Å². The highest BCUT2D eigenvalue weighted by Gasteiger charge is 2.02. The lowest BCUT2D eigenvalue weighted by atomic mass is 10.5. The van der Waals surface area contributed by atoms with Crippen LogP contribution >= 0.6 is 0 Å². The van der Waals surface area contributed by atoms with Crippen molar-refractivity contribution in [3.8, 4) is 0 Å². The second-order valence-corrected chi connectivity index (χ2v) is 3.56. The number of imidazole rings is 1. The van der Waals surface area contributed by atoms with Gasteiger partial charge in [0.1, 0.15) is 0 Å². The first kappa shape index (κ1) is 12.3. The maximum Gasteiger partial charge on any atom is 0.216 e. The molecule has 5 heteroatoms. The zero-order valence-corrected chi connectivity index (χ0v) is 9.79. The summed E-state index contributed by atoms with van der Waals surface area (Å²) in [5, 5.41) is 5.88. The number of nitrogens with zero attached hydrogens (tertiary/aromatic N) is 2. The van der Waals surface area contributed by atoms with Gasteiger partial charge in [0.2, 0.25) is 11.9 Å². The molecular weight excluding hydrogens is 204 g/mol. The van der Waals surface area contributed by atoms with Crippen molar-refractivity contribution >= 4 is 11.9 Å². The van der Waals surface area contributed by atoms with E-state index in [2.05, 4.69) is 22.2 Å². The second kappa shape index (κ2) is 5.95. The number of aryl methyl sites for hydroxylation is 1. The standard InChI is InChI=1S/C11H18N4O/c1-4-7-15-8-9(2)14-11(15)13-6-5-12-10(3)16/h4,8H,1,5-7H2,2-3H3,(H,12,16)(H,13,14). The molecule has 0 aliphatic heterocycles. The van der Waals surface area contributed by atoms with Crippen LogP contribution in [0.3, 0.4) is 0 Å². The van der Waals surface area contributed by atoms with Gasteiger partial charge < -0.3 is 15.2 Å². The maximum atomic E-state index is 10.7. The summed E-state index contributed by atoms with van der Waals surface area (Å²) in [7, 11) is 0. The molecular formula is C11H18N4O. The molecule has 0 saturated carbocycles. The number of carbonyl (C=O) groups excluding carboxylic acids is 1. The quantitative estimate of drug-likeness (QED) is 0.556. The van der Waals surface area contributed by atoms with Crippen LogP contribution in [0.15, 0.2) is 18.9 Å². The highest BCUT2D eigenvalue weighted by Crippen LogP contribution is 2.07. The fraction of sp³-hybridized carbons (Fsp3) is 0.455. The van der Waals surface area contributed by atoms with Crippen LogP contribution in [0.25, 0.3) is 0 Å². The van der Waals surface area contributed by atoms with Crippen LogP contribution in [0.5, 0.6) is 0 Å². The highest BCUT2D eigenvalue weighted by molar-refractivity contribution is 5.72. The molecule has 0 unspecified atom stereocenters. The van der Waals surface area contributed by atoms with Crippen molar-refractivity contribution in [2.24, 2.45) is 0 Å². The zero-order chi connectivity index (χ0) is 12.0. The lowest BCUT2D eigenvalue weighted by Crippen LogP contribution is -2.26. The van der Waals surface area contributed by atoms with Gasteiger partial charge in [-0.2, -0.15) is 0 Å². The molecule has 1 heterocycles. The minimum Gasteiger partial charge on any atom is -0.355 e. The third-order valence-electron chi connectivity index (χ3n) is 2.00. The van der Waals surface area contributed by atoms with Crippen molar-refractivity contribution in [3.63, 3.8) is 0 Å². The number of hydrogen-bond donors (Lipinski definition) is 2. The van der Waals surface area contributed by atoms with Crippen LogP contribution in [-0.2, 0) is 11.3 Å². The molecule has 0 saturated heterocycles. The molecule has 1 rings (SSSR count). The Kier molecular flexibility index (Phi) is 4.57. The molecule has 1 amide bonds. The van der Waals surface area contributed by atoms with Crippen molar-refractivity contribution in [1.29, 1.82) is 0 Å². The van der Waals surface area contributed by atoms with Crippen LogP contribution in [0.1, 0.15) is 12.6 Å². The Morgan fingerprint density at radius 3 is 3.00 bits per heavy atom. The molecule has 1 aromatic heterocycles. The average molecular weight is 222 g/mol. The molecule has 2 N–H and O–H groups in total. The zero-order valence-electron chi connectivity index (χ0n) is 9.79. The molecule has 5 nitrogen and oxygen atoms in total. The van der Waals surface area contributed by atoms with Crippen molar-refractivity contribution in [2.75, 3.05) is 18.4 Å². The first-order chi connectivity index (χ1) is 7.63. The van der Waals surface area contributed by atoms with Crippen LogP contribution in [0.4, 0.5) is 5.95 Å². The number of hydrogen-bond acceptors (Lipinski definition) is 3. The Morgan fingerprint density at radius 2 is 2.38 bits per heavy atom. The summed E-state index contributed by atoms with van der Waals surface area (Å²) >= 11 is 0. The predicted molar refractivity (Wildman–Crippen MR) is 64.3 cm³/mol. The van der Waals surface area contributed by atoms with Gasteiger partial charge in [-0.05, 0) is 6.92 Å². The predicted octanol–water partition coefficient (Wildman–Crippen LogP) is 0.926. The van der Waals surface area contributed by atoms with E-state index >= 15 is 0 Å². The number of anilines is 1. The van der Waals surface area contributed by atoms with Gasteiger partial charge in [0, 0.05) is 32.8 Å². The molecule has 0 aliphatic rings. The van der Waals surface area contributed by atoms with Gasteiger partial charge >= 0.3 is 0 Å². The van der Waals surface area contributed by atoms with Gasteiger partial charge in [-0.3, -0.25) is 4.79 Å². The molecule has 0 spiro atoms. The number of aromatic nitrogens is 2. The summed E-state index contributed by atoms with van der Waals surface area (Å²) in [6.45, 7) is 9.12. The van der Waals surface area contributed by atoms with E-state index in [4.69, 9.17) is 0 Å². The highest BCUT2D eigenvalue weighted by atomic mass is 16.1. The van der Waals surface area contributed by atoms with Crippen LogP contribution < -0.4 is 10.6 Å². The molecule has 0 radical (unpaired) electrons. The Bertz CT molecular complexity index is 370. The summed E-state index contributed by atoms with van der Waals surface area (Å²) in [5.74, 6) is 0.787. The van der Waals surface area contributed by atoms with Crippen LogP contribution in [0.2, 0.25) is 0 Å². The third kappa shape index (κ3) is 3.76. The summed E-state index contributed by atoms with van der Waals surface area (Å²) in [6.07, 6.45) is 3.78. The van der Waals surface area contributed by atoms with Gasteiger partial charge in [0.15, 0.2) is 0 Å². The minimum atomic E-state index is -0.0209. The molecule has 0 fully saturated rings. The first-order valence-corrected chi connectivity index (χ1v) is 5.26. The van der Waals surface area contributed by atoms with E-state index in [0.29, 0.717) is 13.1 Å². The number of amides is 1. The molecule has 88 valence electrons. The normalized spacial score (nSPS) is 9.88. The summed E-state index contributed by atoms with van der Waals surface area (Å²) in [4.78, 5) is 15.0. The lowest BCUT2D eigenvalue weighted by molar-refractivity contribution is -0.118. The van der Waals surface area contributed by atoms with Crippen LogP contribution in [0, 0.1) is 6.92 Å². The average Bonchev–Trinajstić information content (AvgIpc) is 2.54. The topological polar surface area (TPSA) is 59.0 Å². The monoisotopic (exact) mass is 222 g/mol. The number of allylic oxidation sites excluding steroid dienone is 1. The Labute approximate surface area is 95.6 Å². The van der Waals surface area contributed by atoms with E-state index in [1.807, 2.05) is 23.8 Å². The van der Waals surface area contributed by atoms with Gasteiger partial charge in [-0.25, -0.2) is 4.98 Å². The van der Waals surface area contributed by atoms with E-state index in [1.165, 1.54) is 6.92 Å². The Morgan fingerprint density at radius 1 is 1.62 bits per heavy atom. The largest absolute Gasteiger partial charge is 0.355 e. The van der Waals surface area contributed by atoms with E-state index in [1.54, 1.807) is 0 Å².